The molecule has 21 heavy (non-hydrogen) atoms. The molecule has 0 radical (unpaired) electrons. The zero-order valence-corrected chi connectivity index (χ0v) is 12.6. The quantitative estimate of drug-likeness (QED) is 0.738. The van der Waals surface area contributed by atoms with Crippen LogP contribution in [0.5, 0.6) is 0 Å². The second-order valence-electron chi connectivity index (χ2n) is 5.09. The number of hydrogen-bond donors (Lipinski definition) is 1. The summed E-state index contributed by atoms with van der Waals surface area (Å²) >= 11 is 0. The fraction of sp³-hybridized carbons (Fsp3) is 0.375. The van der Waals surface area contributed by atoms with Crippen LogP contribution in [0.4, 0.5) is 0 Å². The third-order valence-electron chi connectivity index (χ3n) is 3.07. The lowest BCUT2D eigenvalue weighted by Crippen LogP contribution is -2.40. The maximum absolute atomic E-state index is 12.1. The van der Waals surface area contributed by atoms with Crippen LogP contribution in [0.2, 0.25) is 0 Å². The monoisotopic (exact) mass is 290 g/mol. The molecule has 0 saturated carbocycles. The number of nitrogens with zero attached hydrogens (tertiary/aromatic N) is 2. The second-order valence-corrected chi connectivity index (χ2v) is 5.09. The van der Waals surface area contributed by atoms with E-state index in [-0.39, 0.29) is 19.0 Å². The Balaban J connectivity index is 2.57. The van der Waals surface area contributed by atoms with Gasteiger partial charge in [0.15, 0.2) is 0 Å². The van der Waals surface area contributed by atoms with E-state index in [0.717, 1.165) is 5.56 Å². The first kappa shape index (κ1) is 16.9. The van der Waals surface area contributed by atoms with Crippen molar-refractivity contribution in [2.24, 2.45) is 0 Å². The summed E-state index contributed by atoms with van der Waals surface area (Å²) in [7, 11) is 1.72. The number of likely N-dealkylation sites (N-methyl/N-ethyl adjacent to an activating group) is 1. The first-order valence-electron chi connectivity index (χ1n) is 6.77. The summed E-state index contributed by atoms with van der Waals surface area (Å²) in [6, 6.07) is 7.97. The normalized spacial score (nSPS) is 10.4. The third-order valence-corrected chi connectivity index (χ3v) is 3.07. The van der Waals surface area contributed by atoms with Crippen LogP contribution >= 0.6 is 0 Å². The second kappa shape index (κ2) is 8.21. The summed E-state index contributed by atoms with van der Waals surface area (Å²) in [5.41, 5.74) is 2.22. The van der Waals surface area contributed by atoms with E-state index in [4.69, 9.17) is 5.11 Å². The fourth-order valence-electron chi connectivity index (χ4n) is 1.93. The minimum absolute atomic E-state index is 0.0701. The van der Waals surface area contributed by atoms with Gasteiger partial charge in [0, 0.05) is 20.1 Å². The minimum Gasteiger partial charge on any atom is -0.480 e. The highest BCUT2D eigenvalue weighted by Crippen LogP contribution is 2.06. The fourth-order valence-corrected chi connectivity index (χ4v) is 1.93. The number of carbonyl (C=O) groups excluding carboxylic acids is 1. The average molecular weight is 290 g/mol. The molecule has 0 spiro atoms. The van der Waals surface area contributed by atoms with E-state index in [9.17, 15) is 9.59 Å². The zero-order valence-electron chi connectivity index (χ0n) is 12.6. The Morgan fingerprint density at radius 1 is 1.24 bits per heavy atom. The van der Waals surface area contributed by atoms with Crippen molar-refractivity contribution in [2.45, 2.75) is 13.5 Å². The Morgan fingerprint density at radius 2 is 1.86 bits per heavy atom. The Labute approximate surface area is 125 Å². The van der Waals surface area contributed by atoms with E-state index < -0.39 is 5.97 Å². The van der Waals surface area contributed by atoms with E-state index in [1.807, 2.05) is 31.2 Å². The van der Waals surface area contributed by atoms with Gasteiger partial charge in [0.25, 0.3) is 0 Å². The van der Waals surface area contributed by atoms with Gasteiger partial charge in [-0.3, -0.25) is 14.5 Å². The van der Waals surface area contributed by atoms with E-state index in [0.29, 0.717) is 13.1 Å². The molecule has 0 atom stereocenters. The van der Waals surface area contributed by atoms with Crippen molar-refractivity contribution < 1.29 is 14.7 Å². The molecule has 0 aromatic heterocycles. The maximum atomic E-state index is 12.1. The van der Waals surface area contributed by atoms with Crippen LogP contribution in [0.15, 0.2) is 36.9 Å². The van der Waals surface area contributed by atoms with Gasteiger partial charge in [-0.05, 0) is 12.5 Å². The maximum Gasteiger partial charge on any atom is 0.317 e. The predicted octanol–water partition coefficient (Wildman–Crippen LogP) is 1.53. The predicted molar refractivity (Wildman–Crippen MR) is 81.9 cm³/mol. The molecule has 0 fully saturated rings. The molecule has 0 saturated heterocycles. The van der Waals surface area contributed by atoms with Gasteiger partial charge in [0.05, 0.1) is 13.1 Å². The van der Waals surface area contributed by atoms with Crippen molar-refractivity contribution in [3.05, 3.63) is 48.0 Å². The Bertz CT molecular complexity index is 497. The Morgan fingerprint density at radius 3 is 2.38 bits per heavy atom. The van der Waals surface area contributed by atoms with Crippen molar-refractivity contribution >= 4 is 11.9 Å². The molecule has 0 heterocycles. The number of hydrogen-bond acceptors (Lipinski definition) is 3. The largest absolute Gasteiger partial charge is 0.480 e. The van der Waals surface area contributed by atoms with Crippen LogP contribution in [0, 0.1) is 6.92 Å². The SMILES string of the molecule is C=CCN(CC(=O)O)CC(=O)N(C)Cc1ccc(C)cc1. The lowest BCUT2D eigenvalue weighted by atomic mass is 10.1. The van der Waals surface area contributed by atoms with Gasteiger partial charge in [-0.15, -0.1) is 6.58 Å². The van der Waals surface area contributed by atoms with Crippen LogP contribution in [-0.2, 0) is 16.1 Å². The van der Waals surface area contributed by atoms with E-state index in [1.165, 1.54) is 5.56 Å². The van der Waals surface area contributed by atoms with Crippen molar-refractivity contribution in [1.29, 1.82) is 0 Å². The highest BCUT2D eigenvalue weighted by molar-refractivity contribution is 5.79. The highest BCUT2D eigenvalue weighted by Gasteiger charge is 2.16. The lowest BCUT2D eigenvalue weighted by molar-refractivity contribution is -0.139. The molecule has 0 aliphatic rings. The third kappa shape index (κ3) is 6.23. The summed E-state index contributed by atoms with van der Waals surface area (Å²) in [6.07, 6.45) is 1.59. The van der Waals surface area contributed by atoms with Gasteiger partial charge in [-0.2, -0.15) is 0 Å². The molecule has 0 bridgehead atoms. The molecule has 1 N–H and O–H groups in total. The van der Waals surface area contributed by atoms with Crippen LogP contribution in [0.3, 0.4) is 0 Å². The molecule has 0 unspecified atom stereocenters. The summed E-state index contributed by atoms with van der Waals surface area (Å²) in [5, 5.41) is 8.82. The zero-order chi connectivity index (χ0) is 15.8. The molecule has 5 nitrogen and oxygen atoms in total. The van der Waals surface area contributed by atoms with Gasteiger partial charge in [0.1, 0.15) is 0 Å². The molecule has 1 aromatic carbocycles. The number of rotatable bonds is 8. The summed E-state index contributed by atoms with van der Waals surface area (Å²) in [5.74, 6) is -1.07. The summed E-state index contributed by atoms with van der Waals surface area (Å²) < 4.78 is 0. The molecular formula is C16H22N2O3. The standard InChI is InChI=1S/C16H22N2O3/c1-4-9-18(12-16(20)21)11-15(19)17(3)10-14-7-5-13(2)6-8-14/h4-8H,1,9-12H2,2-3H3,(H,20,21). The first-order chi connectivity index (χ1) is 9.92. The van der Waals surface area contributed by atoms with E-state index >= 15 is 0 Å². The summed E-state index contributed by atoms with van der Waals surface area (Å²) in [4.78, 5) is 26.0. The lowest BCUT2D eigenvalue weighted by Gasteiger charge is -2.23. The van der Waals surface area contributed by atoms with Crippen LogP contribution in [0.25, 0.3) is 0 Å². The van der Waals surface area contributed by atoms with Crippen LogP contribution in [-0.4, -0.2) is 53.5 Å². The number of amides is 1. The first-order valence-corrected chi connectivity index (χ1v) is 6.77. The van der Waals surface area contributed by atoms with Crippen molar-refractivity contribution in [1.82, 2.24) is 9.80 Å². The minimum atomic E-state index is -0.953. The van der Waals surface area contributed by atoms with Crippen LogP contribution in [0.1, 0.15) is 11.1 Å². The highest BCUT2D eigenvalue weighted by atomic mass is 16.4. The van der Waals surface area contributed by atoms with Crippen LogP contribution < -0.4 is 0 Å². The number of aliphatic carboxylic acids is 1. The van der Waals surface area contributed by atoms with Crippen molar-refractivity contribution in [3.63, 3.8) is 0 Å². The molecule has 1 amide bonds. The molecule has 0 aliphatic heterocycles. The van der Waals surface area contributed by atoms with Gasteiger partial charge >= 0.3 is 5.97 Å². The Kier molecular flexibility index (Phi) is 6.62. The van der Waals surface area contributed by atoms with E-state index in [2.05, 4.69) is 6.58 Å². The van der Waals surface area contributed by atoms with Gasteiger partial charge in [0.2, 0.25) is 5.91 Å². The Hall–Kier alpha value is -2.14. The van der Waals surface area contributed by atoms with Crippen molar-refractivity contribution in [2.75, 3.05) is 26.7 Å². The van der Waals surface area contributed by atoms with Gasteiger partial charge in [-0.25, -0.2) is 0 Å². The number of carboxylic acid groups (broad SMARTS) is 1. The average Bonchev–Trinajstić information content (AvgIpc) is 2.40. The molecule has 5 heteroatoms. The number of benzene rings is 1. The number of carbonyl (C=O) groups is 2. The summed E-state index contributed by atoms with van der Waals surface area (Å²) in [6.45, 7) is 6.37. The molecule has 0 aliphatic carbocycles. The van der Waals surface area contributed by atoms with Gasteiger partial charge < -0.3 is 10.0 Å². The smallest absolute Gasteiger partial charge is 0.317 e. The molecule has 1 rings (SSSR count). The topological polar surface area (TPSA) is 60.9 Å². The van der Waals surface area contributed by atoms with Crippen molar-refractivity contribution in [3.8, 4) is 0 Å². The molecular weight excluding hydrogens is 268 g/mol. The van der Waals surface area contributed by atoms with E-state index in [1.54, 1.807) is 22.9 Å². The molecule has 114 valence electrons. The van der Waals surface area contributed by atoms with Gasteiger partial charge in [-0.1, -0.05) is 35.9 Å². The number of carboxylic acids is 1. The molecule has 1 aromatic rings. The number of aryl methyl sites for hydroxylation is 1.